The molecule has 0 aliphatic heterocycles. The first kappa shape index (κ1) is 16.4. The summed E-state index contributed by atoms with van der Waals surface area (Å²) in [7, 11) is 0. The molecule has 3 nitrogen and oxygen atoms in total. The van der Waals surface area contributed by atoms with E-state index in [1.807, 2.05) is 13.8 Å². The Morgan fingerprint density at radius 2 is 1.71 bits per heavy atom. The Morgan fingerprint density at radius 3 is 2.24 bits per heavy atom. The van der Waals surface area contributed by atoms with Gasteiger partial charge in [0, 0.05) is 19.0 Å². The molecule has 102 valence electrons. The van der Waals surface area contributed by atoms with Gasteiger partial charge in [-0.2, -0.15) is 0 Å². The highest BCUT2D eigenvalue weighted by atomic mass is 16.3. The van der Waals surface area contributed by atoms with E-state index in [9.17, 15) is 4.79 Å². The zero-order chi connectivity index (χ0) is 13.1. The van der Waals surface area contributed by atoms with Crippen LogP contribution in [0.25, 0.3) is 0 Å². The number of carbonyl (C=O) groups is 1. The molecule has 0 radical (unpaired) electrons. The van der Waals surface area contributed by atoms with Gasteiger partial charge in [-0.25, -0.2) is 0 Å². The Hall–Kier alpha value is -0.570. The van der Waals surface area contributed by atoms with Gasteiger partial charge in [-0.1, -0.05) is 39.0 Å². The van der Waals surface area contributed by atoms with Crippen molar-refractivity contribution in [3.05, 3.63) is 0 Å². The molecule has 0 rings (SSSR count). The van der Waals surface area contributed by atoms with Gasteiger partial charge in [0.05, 0.1) is 6.61 Å². The van der Waals surface area contributed by atoms with E-state index in [1.54, 1.807) is 4.90 Å². The van der Waals surface area contributed by atoms with Crippen molar-refractivity contribution in [3.8, 4) is 0 Å². The van der Waals surface area contributed by atoms with Crippen molar-refractivity contribution in [2.45, 2.75) is 71.8 Å². The minimum absolute atomic E-state index is 0.0560. The summed E-state index contributed by atoms with van der Waals surface area (Å²) in [6, 6.07) is 0.190. The van der Waals surface area contributed by atoms with E-state index in [0.717, 1.165) is 12.8 Å². The highest BCUT2D eigenvalue weighted by Crippen LogP contribution is 2.09. The smallest absolute Gasteiger partial charge is 0.222 e. The average Bonchev–Trinajstić information content (AvgIpc) is 2.29. The first-order valence-corrected chi connectivity index (χ1v) is 7.03. The second kappa shape index (κ2) is 10.6. The van der Waals surface area contributed by atoms with E-state index < -0.39 is 0 Å². The summed E-state index contributed by atoms with van der Waals surface area (Å²) < 4.78 is 0. The van der Waals surface area contributed by atoms with Gasteiger partial charge in [-0.3, -0.25) is 4.79 Å². The van der Waals surface area contributed by atoms with Gasteiger partial charge in [-0.15, -0.1) is 0 Å². The number of aliphatic hydroxyl groups excluding tert-OH is 1. The molecule has 0 bridgehead atoms. The lowest BCUT2D eigenvalue weighted by Gasteiger charge is -2.26. The van der Waals surface area contributed by atoms with Crippen LogP contribution in [0.15, 0.2) is 0 Å². The third kappa shape index (κ3) is 8.19. The number of hydrogen-bond donors (Lipinski definition) is 1. The first-order valence-electron chi connectivity index (χ1n) is 7.03. The zero-order valence-corrected chi connectivity index (χ0v) is 11.7. The van der Waals surface area contributed by atoms with Crippen LogP contribution in [0, 0.1) is 0 Å². The molecule has 0 aromatic carbocycles. The molecule has 0 atom stereocenters. The summed E-state index contributed by atoms with van der Waals surface area (Å²) in [6.07, 6.45) is 7.85. The second-order valence-electron chi connectivity index (χ2n) is 4.92. The molecule has 0 saturated heterocycles. The van der Waals surface area contributed by atoms with Crippen LogP contribution >= 0.6 is 0 Å². The van der Waals surface area contributed by atoms with Gasteiger partial charge in [0.2, 0.25) is 5.91 Å². The average molecular weight is 243 g/mol. The van der Waals surface area contributed by atoms with Crippen molar-refractivity contribution >= 4 is 5.91 Å². The summed E-state index contributed by atoms with van der Waals surface area (Å²) in [5.74, 6) is 0.185. The lowest BCUT2D eigenvalue weighted by atomic mass is 10.1. The minimum atomic E-state index is 0.0560. The lowest BCUT2D eigenvalue weighted by Crippen LogP contribution is -2.38. The molecule has 0 saturated carbocycles. The molecule has 0 aliphatic rings. The molecule has 3 heteroatoms. The Balaban J connectivity index is 3.67. The van der Waals surface area contributed by atoms with Crippen molar-refractivity contribution in [1.29, 1.82) is 0 Å². The van der Waals surface area contributed by atoms with Gasteiger partial charge < -0.3 is 10.0 Å². The topological polar surface area (TPSA) is 40.5 Å². The van der Waals surface area contributed by atoms with Gasteiger partial charge in [-0.05, 0) is 20.3 Å². The van der Waals surface area contributed by atoms with Crippen LogP contribution in [0.1, 0.15) is 65.7 Å². The van der Waals surface area contributed by atoms with Crippen LogP contribution in [0.2, 0.25) is 0 Å². The molecule has 1 N–H and O–H groups in total. The quantitative estimate of drug-likeness (QED) is 0.599. The van der Waals surface area contributed by atoms with Crippen molar-refractivity contribution in [2.24, 2.45) is 0 Å². The highest BCUT2D eigenvalue weighted by Gasteiger charge is 2.15. The predicted molar refractivity (Wildman–Crippen MR) is 71.9 cm³/mol. The van der Waals surface area contributed by atoms with Crippen LogP contribution < -0.4 is 0 Å². The van der Waals surface area contributed by atoms with E-state index in [4.69, 9.17) is 5.11 Å². The van der Waals surface area contributed by atoms with Gasteiger partial charge in [0.15, 0.2) is 0 Å². The number of carbonyl (C=O) groups excluding carboxylic acids is 1. The fraction of sp³-hybridized carbons (Fsp3) is 0.929. The molecule has 17 heavy (non-hydrogen) atoms. The molecule has 0 aromatic rings. The standard InChI is InChI=1S/C14H29NO2/c1-4-5-6-7-8-9-10-14(17)15(11-12-16)13(2)3/h13,16H,4-12H2,1-3H3. The minimum Gasteiger partial charge on any atom is -0.395 e. The van der Waals surface area contributed by atoms with Gasteiger partial charge in [0.25, 0.3) is 0 Å². The Bertz CT molecular complexity index is 193. The molecule has 1 amide bonds. The maximum Gasteiger partial charge on any atom is 0.222 e. The zero-order valence-electron chi connectivity index (χ0n) is 11.7. The Labute approximate surface area is 106 Å². The van der Waals surface area contributed by atoms with E-state index in [0.29, 0.717) is 13.0 Å². The van der Waals surface area contributed by atoms with Crippen LogP contribution in [-0.4, -0.2) is 35.1 Å². The predicted octanol–water partition coefficient (Wildman–Crippen LogP) is 2.97. The normalized spacial score (nSPS) is 10.9. The third-order valence-corrected chi connectivity index (χ3v) is 3.03. The number of aliphatic hydroxyl groups is 1. The monoisotopic (exact) mass is 243 g/mol. The van der Waals surface area contributed by atoms with Gasteiger partial charge >= 0.3 is 0 Å². The molecule has 0 unspecified atom stereocenters. The third-order valence-electron chi connectivity index (χ3n) is 3.03. The largest absolute Gasteiger partial charge is 0.395 e. The van der Waals surface area contributed by atoms with Gasteiger partial charge in [0.1, 0.15) is 0 Å². The lowest BCUT2D eigenvalue weighted by molar-refractivity contribution is -0.133. The highest BCUT2D eigenvalue weighted by molar-refractivity contribution is 5.76. The first-order chi connectivity index (χ1) is 8.13. The van der Waals surface area contributed by atoms with E-state index in [2.05, 4.69) is 6.92 Å². The Kier molecular flexibility index (Phi) is 10.2. The Morgan fingerprint density at radius 1 is 1.12 bits per heavy atom. The van der Waals surface area contributed by atoms with E-state index in [-0.39, 0.29) is 18.6 Å². The maximum absolute atomic E-state index is 11.9. The molecule has 0 fully saturated rings. The SMILES string of the molecule is CCCCCCCCC(=O)N(CCO)C(C)C. The molecule has 0 heterocycles. The number of unbranched alkanes of at least 4 members (excludes halogenated alkanes) is 5. The summed E-state index contributed by atoms with van der Waals surface area (Å²) in [5.41, 5.74) is 0. The summed E-state index contributed by atoms with van der Waals surface area (Å²) in [4.78, 5) is 13.6. The molecule has 0 aliphatic carbocycles. The number of nitrogens with zero attached hydrogens (tertiary/aromatic N) is 1. The fourth-order valence-corrected chi connectivity index (χ4v) is 1.98. The fourth-order valence-electron chi connectivity index (χ4n) is 1.98. The number of rotatable bonds is 10. The van der Waals surface area contributed by atoms with Crippen LogP contribution in [0.4, 0.5) is 0 Å². The van der Waals surface area contributed by atoms with Crippen LogP contribution in [0.5, 0.6) is 0 Å². The van der Waals surface area contributed by atoms with Crippen molar-refractivity contribution in [2.75, 3.05) is 13.2 Å². The van der Waals surface area contributed by atoms with Crippen molar-refractivity contribution in [1.82, 2.24) is 4.90 Å². The summed E-state index contributed by atoms with van der Waals surface area (Å²) >= 11 is 0. The summed E-state index contributed by atoms with van der Waals surface area (Å²) in [5, 5.41) is 8.91. The molecule has 0 spiro atoms. The van der Waals surface area contributed by atoms with Crippen LogP contribution in [0.3, 0.4) is 0 Å². The maximum atomic E-state index is 11.9. The van der Waals surface area contributed by atoms with Crippen molar-refractivity contribution in [3.63, 3.8) is 0 Å². The number of amides is 1. The molecule has 0 aromatic heterocycles. The molecular formula is C14H29NO2. The molecular weight excluding hydrogens is 214 g/mol. The van der Waals surface area contributed by atoms with Crippen molar-refractivity contribution < 1.29 is 9.90 Å². The summed E-state index contributed by atoms with van der Waals surface area (Å²) in [6.45, 7) is 6.72. The second-order valence-corrected chi connectivity index (χ2v) is 4.92. The van der Waals surface area contributed by atoms with E-state index >= 15 is 0 Å². The van der Waals surface area contributed by atoms with E-state index in [1.165, 1.54) is 25.7 Å². The van der Waals surface area contributed by atoms with Crippen LogP contribution in [-0.2, 0) is 4.79 Å². The number of hydrogen-bond acceptors (Lipinski definition) is 2.